The van der Waals surface area contributed by atoms with Gasteiger partial charge in [0.2, 0.25) is 0 Å². The molecule has 5 nitrogen and oxygen atoms in total. The maximum Gasteiger partial charge on any atom is 0.170 e. The second kappa shape index (κ2) is 8.26. The first-order chi connectivity index (χ1) is 14.7. The zero-order valence-corrected chi connectivity index (χ0v) is 19.3. The minimum atomic E-state index is -2.10. The van der Waals surface area contributed by atoms with Crippen LogP contribution >= 0.6 is 0 Å². The van der Waals surface area contributed by atoms with Gasteiger partial charge < -0.3 is 19.1 Å². The molecule has 2 atom stereocenters. The Morgan fingerprint density at radius 3 is 2.58 bits per heavy atom. The minimum absolute atomic E-state index is 0.0284. The van der Waals surface area contributed by atoms with E-state index in [1.165, 1.54) is 11.3 Å². The standard InChI is InChI=1S/C25H30N2O3S/c1-24(2)22-13-10-20(18-31(28)29)17-23(22)27-15-16-30-25(24,27)14-6-5-7-19-8-11-21(12-9-19)26(3)4/h5-14,17H,15-16,18H2,1-4H3,(H,28,29)/p-1/b7-5+,14-6+. The van der Waals surface area contributed by atoms with Crippen molar-refractivity contribution < 1.29 is 13.5 Å². The molecule has 4 rings (SSSR count). The van der Waals surface area contributed by atoms with E-state index in [0.717, 1.165) is 23.4 Å². The quantitative estimate of drug-likeness (QED) is 0.500. The molecular formula is C25H29N2O3S-. The predicted octanol–water partition coefficient (Wildman–Crippen LogP) is 4.23. The van der Waals surface area contributed by atoms with Crippen molar-refractivity contribution in [1.29, 1.82) is 0 Å². The first-order valence-electron chi connectivity index (χ1n) is 10.5. The Balaban J connectivity index is 1.60. The summed E-state index contributed by atoms with van der Waals surface area (Å²) in [5.41, 5.74) is 4.51. The van der Waals surface area contributed by atoms with Crippen LogP contribution in [0.3, 0.4) is 0 Å². The number of allylic oxidation sites excluding steroid dienone is 2. The van der Waals surface area contributed by atoms with Gasteiger partial charge in [-0.3, -0.25) is 4.21 Å². The number of fused-ring (bicyclic) bond motifs is 3. The maximum absolute atomic E-state index is 11.2. The van der Waals surface area contributed by atoms with Gasteiger partial charge in [0, 0.05) is 43.2 Å². The number of ether oxygens (including phenoxy) is 1. The highest BCUT2D eigenvalue weighted by atomic mass is 32.2. The highest BCUT2D eigenvalue weighted by Gasteiger charge is 2.59. The number of benzene rings is 2. The van der Waals surface area contributed by atoms with Gasteiger partial charge in [-0.15, -0.1) is 0 Å². The summed E-state index contributed by atoms with van der Waals surface area (Å²) in [4.78, 5) is 4.36. The van der Waals surface area contributed by atoms with Crippen molar-refractivity contribution in [2.45, 2.75) is 30.7 Å². The summed E-state index contributed by atoms with van der Waals surface area (Å²) in [5, 5.41) is 0. The van der Waals surface area contributed by atoms with Crippen molar-refractivity contribution in [3.8, 4) is 0 Å². The van der Waals surface area contributed by atoms with Crippen molar-refractivity contribution in [1.82, 2.24) is 0 Å². The molecule has 0 aliphatic carbocycles. The lowest BCUT2D eigenvalue weighted by molar-refractivity contribution is -0.000291. The summed E-state index contributed by atoms with van der Waals surface area (Å²) in [6.45, 7) is 5.80. The largest absolute Gasteiger partial charge is 0.772 e. The van der Waals surface area contributed by atoms with Crippen molar-refractivity contribution in [2.24, 2.45) is 0 Å². The van der Waals surface area contributed by atoms with Crippen LogP contribution in [0.25, 0.3) is 6.08 Å². The van der Waals surface area contributed by atoms with E-state index < -0.39 is 16.8 Å². The third-order valence-electron chi connectivity index (χ3n) is 6.38. The van der Waals surface area contributed by atoms with Gasteiger partial charge in [0.15, 0.2) is 5.72 Å². The smallest absolute Gasteiger partial charge is 0.170 e. The molecule has 2 heterocycles. The Morgan fingerprint density at radius 1 is 1.16 bits per heavy atom. The fourth-order valence-corrected chi connectivity index (χ4v) is 5.14. The first kappa shape index (κ1) is 21.8. The highest BCUT2D eigenvalue weighted by Crippen LogP contribution is 2.55. The summed E-state index contributed by atoms with van der Waals surface area (Å²) in [5.74, 6) is 0.0284. The third kappa shape index (κ3) is 3.84. The lowest BCUT2D eigenvalue weighted by atomic mass is 9.77. The van der Waals surface area contributed by atoms with Crippen LogP contribution in [-0.4, -0.2) is 41.7 Å². The fourth-order valence-electron chi connectivity index (χ4n) is 4.68. The molecule has 2 unspecified atom stereocenters. The van der Waals surface area contributed by atoms with Crippen molar-refractivity contribution in [2.75, 3.05) is 37.0 Å². The van der Waals surface area contributed by atoms with E-state index in [0.29, 0.717) is 6.61 Å². The van der Waals surface area contributed by atoms with Crippen molar-refractivity contribution >= 4 is 28.5 Å². The fraction of sp³-hybridized carbons (Fsp3) is 0.360. The topological polar surface area (TPSA) is 55.8 Å². The van der Waals surface area contributed by atoms with E-state index in [-0.39, 0.29) is 11.2 Å². The highest BCUT2D eigenvalue weighted by molar-refractivity contribution is 7.78. The van der Waals surface area contributed by atoms with Crippen LogP contribution < -0.4 is 9.80 Å². The van der Waals surface area contributed by atoms with Gasteiger partial charge in [-0.2, -0.15) is 0 Å². The van der Waals surface area contributed by atoms with Crippen LogP contribution in [0.15, 0.2) is 60.7 Å². The third-order valence-corrected chi connectivity index (χ3v) is 6.94. The summed E-state index contributed by atoms with van der Waals surface area (Å²) in [6, 6.07) is 14.4. The van der Waals surface area contributed by atoms with Crippen LogP contribution in [0.2, 0.25) is 0 Å². The van der Waals surface area contributed by atoms with Crippen LogP contribution in [-0.2, 0) is 27.0 Å². The molecule has 0 spiro atoms. The number of anilines is 2. The molecule has 0 N–H and O–H groups in total. The molecule has 1 fully saturated rings. The molecule has 2 aliphatic heterocycles. The molecule has 2 aliphatic rings. The second-order valence-corrected chi connectivity index (χ2v) is 9.72. The molecule has 2 aromatic carbocycles. The summed E-state index contributed by atoms with van der Waals surface area (Å²) < 4.78 is 28.7. The Bertz CT molecular complexity index is 1040. The molecule has 0 aromatic heterocycles. The van der Waals surface area contributed by atoms with E-state index in [2.05, 4.69) is 72.2 Å². The van der Waals surface area contributed by atoms with E-state index >= 15 is 0 Å². The average molecular weight is 438 g/mol. The predicted molar refractivity (Wildman–Crippen MR) is 127 cm³/mol. The molecule has 0 amide bonds. The van der Waals surface area contributed by atoms with Gasteiger partial charge in [-0.1, -0.05) is 67.4 Å². The Morgan fingerprint density at radius 2 is 1.90 bits per heavy atom. The Kier molecular flexibility index (Phi) is 5.81. The Hall–Kier alpha value is -2.41. The van der Waals surface area contributed by atoms with E-state index in [9.17, 15) is 8.76 Å². The lowest BCUT2D eigenvalue weighted by Gasteiger charge is -2.39. The first-order valence-corrected chi connectivity index (χ1v) is 11.7. The minimum Gasteiger partial charge on any atom is -0.772 e. The zero-order valence-electron chi connectivity index (χ0n) is 18.5. The van der Waals surface area contributed by atoms with Crippen LogP contribution in [0.4, 0.5) is 11.4 Å². The molecule has 0 bridgehead atoms. The van der Waals surface area contributed by atoms with Crippen LogP contribution in [0.5, 0.6) is 0 Å². The van der Waals surface area contributed by atoms with Crippen molar-refractivity contribution in [3.63, 3.8) is 0 Å². The molecular weight excluding hydrogens is 408 g/mol. The van der Waals surface area contributed by atoms with Gasteiger partial charge in [0.05, 0.1) is 6.61 Å². The van der Waals surface area contributed by atoms with Crippen LogP contribution in [0, 0.1) is 0 Å². The molecule has 31 heavy (non-hydrogen) atoms. The van der Waals surface area contributed by atoms with Crippen LogP contribution in [0.1, 0.15) is 30.5 Å². The van der Waals surface area contributed by atoms with Gasteiger partial charge in [0.1, 0.15) is 0 Å². The number of nitrogens with zero attached hydrogens (tertiary/aromatic N) is 2. The molecule has 164 valence electrons. The summed E-state index contributed by atoms with van der Waals surface area (Å²) >= 11 is -2.10. The SMILES string of the molecule is CN(C)c1ccc(/C=C/C=C/C23OCCN2c2cc(CS(=O)[O-])ccc2C3(C)C)cc1. The average Bonchev–Trinajstić information content (AvgIpc) is 3.22. The normalized spacial score (nSPS) is 22.8. The Labute approximate surface area is 187 Å². The monoisotopic (exact) mass is 437 g/mol. The molecule has 6 heteroatoms. The molecule has 0 radical (unpaired) electrons. The number of hydrogen-bond donors (Lipinski definition) is 0. The van der Waals surface area contributed by atoms with E-state index in [4.69, 9.17) is 4.74 Å². The van der Waals surface area contributed by atoms with Gasteiger partial charge in [-0.05, 0) is 41.0 Å². The molecule has 0 saturated carbocycles. The second-order valence-electron chi connectivity index (χ2n) is 8.83. The van der Waals surface area contributed by atoms with Gasteiger partial charge >= 0.3 is 0 Å². The van der Waals surface area contributed by atoms with Crippen molar-refractivity contribution in [3.05, 3.63) is 77.4 Å². The summed E-state index contributed by atoms with van der Waals surface area (Å²) in [6.07, 6.45) is 8.32. The lowest BCUT2D eigenvalue weighted by Crippen LogP contribution is -2.51. The molecule has 2 aromatic rings. The van der Waals surface area contributed by atoms with Gasteiger partial charge in [-0.25, -0.2) is 0 Å². The number of rotatable bonds is 6. The van der Waals surface area contributed by atoms with E-state index in [1.807, 2.05) is 32.3 Å². The summed E-state index contributed by atoms with van der Waals surface area (Å²) in [7, 11) is 4.06. The van der Waals surface area contributed by atoms with Gasteiger partial charge in [0.25, 0.3) is 0 Å². The number of hydrogen-bond acceptors (Lipinski definition) is 5. The molecule has 1 saturated heterocycles. The zero-order chi connectivity index (χ0) is 22.2. The maximum atomic E-state index is 11.2. The van der Waals surface area contributed by atoms with E-state index in [1.54, 1.807) is 0 Å².